The predicted molar refractivity (Wildman–Crippen MR) is 150 cm³/mol. The van der Waals surface area contributed by atoms with Gasteiger partial charge in [-0.15, -0.1) is 0 Å². The number of aliphatic hydroxyl groups is 1. The second-order valence-corrected chi connectivity index (χ2v) is 10.0. The smallest absolute Gasteiger partial charge is 0.238 e. The summed E-state index contributed by atoms with van der Waals surface area (Å²) < 4.78 is 5.76. The van der Waals surface area contributed by atoms with Gasteiger partial charge in [0.25, 0.3) is 0 Å². The maximum Gasteiger partial charge on any atom is 0.238 e. The van der Waals surface area contributed by atoms with Crippen LogP contribution in [-0.2, 0) is 16.0 Å². The van der Waals surface area contributed by atoms with Crippen LogP contribution in [-0.4, -0.2) is 62.9 Å². The highest BCUT2D eigenvalue weighted by Gasteiger charge is 2.12. The van der Waals surface area contributed by atoms with Crippen molar-refractivity contribution >= 4 is 40.5 Å². The fourth-order valence-corrected chi connectivity index (χ4v) is 4.19. The Morgan fingerprint density at radius 2 is 1.67 bits per heavy atom. The first-order chi connectivity index (χ1) is 17.3. The quantitative estimate of drug-likeness (QED) is 0.169. The van der Waals surface area contributed by atoms with E-state index in [4.69, 9.17) is 33.7 Å². The number of carbonyl (C=O) groups is 1. The molecule has 0 radical (unpaired) electrons. The molecule has 1 atom stereocenters. The number of nitrogen functional groups attached to an aromatic ring is 1. The van der Waals surface area contributed by atoms with Crippen molar-refractivity contribution in [1.82, 2.24) is 10.2 Å². The Kier molecular flexibility index (Phi) is 14.2. The lowest BCUT2D eigenvalue weighted by atomic mass is 10.1. The van der Waals surface area contributed by atoms with Gasteiger partial charge in [0.1, 0.15) is 0 Å². The summed E-state index contributed by atoms with van der Waals surface area (Å²) in [5.41, 5.74) is 8.79. The van der Waals surface area contributed by atoms with Crippen LogP contribution in [0.25, 0.3) is 0 Å². The topological polar surface area (TPSA) is 99.9 Å². The van der Waals surface area contributed by atoms with Gasteiger partial charge in [0.05, 0.1) is 28.4 Å². The second-order valence-electron chi connectivity index (χ2n) is 9.23. The Bertz CT molecular complexity index is 903. The largest absolute Gasteiger partial charge is 0.396 e. The molecule has 200 valence electrons. The standard InChI is InChI=1S/C27H40Cl2N4O3/c1-33(2)19-26(35)32-22-11-9-20(10-12-22)8-7-15-36-14-6-4-3-5-13-31-18-25(34)21-16-23(28)27(30)24(29)17-21/h9-12,16-17,25,31,34H,3-8,13-15,18-19,30H2,1-2H3,(H,32,35). The number of hydrogen-bond acceptors (Lipinski definition) is 6. The monoisotopic (exact) mass is 538 g/mol. The molecule has 0 spiro atoms. The Hall–Kier alpha value is -1.87. The van der Waals surface area contributed by atoms with E-state index in [9.17, 15) is 9.90 Å². The molecule has 0 heterocycles. The van der Waals surface area contributed by atoms with Gasteiger partial charge in [-0.3, -0.25) is 4.79 Å². The number of aryl methyl sites for hydroxylation is 1. The Morgan fingerprint density at radius 3 is 2.33 bits per heavy atom. The molecule has 9 heteroatoms. The van der Waals surface area contributed by atoms with Crippen LogP contribution >= 0.6 is 23.2 Å². The van der Waals surface area contributed by atoms with Crippen LogP contribution in [0.5, 0.6) is 0 Å². The van der Waals surface area contributed by atoms with E-state index in [0.717, 1.165) is 64.0 Å². The number of nitrogens with zero attached hydrogens (tertiary/aromatic N) is 1. The van der Waals surface area contributed by atoms with Gasteiger partial charge in [-0.1, -0.05) is 48.2 Å². The second kappa shape index (κ2) is 16.8. The number of nitrogens with one attached hydrogen (secondary N) is 2. The summed E-state index contributed by atoms with van der Waals surface area (Å²) in [7, 11) is 3.74. The van der Waals surface area contributed by atoms with Gasteiger partial charge in [-0.05, 0) is 81.7 Å². The molecule has 1 unspecified atom stereocenters. The molecule has 7 nitrogen and oxygen atoms in total. The number of benzene rings is 2. The fourth-order valence-electron chi connectivity index (χ4n) is 3.68. The molecule has 2 aromatic carbocycles. The Morgan fingerprint density at radius 1 is 1.03 bits per heavy atom. The van der Waals surface area contributed by atoms with E-state index in [-0.39, 0.29) is 5.91 Å². The van der Waals surface area contributed by atoms with E-state index in [2.05, 4.69) is 22.8 Å². The highest BCUT2D eigenvalue weighted by molar-refractivity contribution is 6.38. The average molecular weight is 540 g/mol. The summed E-state index contributed by atoms with van der Waals surface area (Å²) in [5.74, 6) is -0.0120. The van der Waals surface area contributed by atoms with Crippen molar-refractivity contribution < 1.29 is 14.6 Å². The minimum absolute atomic E-state index is 0.0120. The first-order valence-corrected chi connectivity index (χ1v) is 13.3. The van der Waals surface area contributed by atoms with Crippen LogP contribution < -0.4 is 16.4 Å². The number of aliphatic hydroxyl groups excluding tert-OH is 1. The zero-order valence-electron chi connectivity index (χ0n) is 21.4. The molecule has 0 aliphatic carbocycles. The SMILES string of the molecule is CN(C)CC(=O)Nc1ccc(CCCOCCCCCCNCC(O)c2cc(Cl)c(N)c(Cl)c2)cc1. The molecule has 0 fully saturated rings. The van der Waals surface area contributed by atoms with Gasteiger partial charge in [-0.25, -0.2) is 0 Å². The number of hydrogen-bond donors (Lipinski definition) is 4. The van der Waals surface area contributed by atoms with E-state index in [1.165, 1.54) is 5.56 Å². The third-order valence-corrected chi connectivity index (χ3v) is 6.29. The third-order valence-electron chi connectivity index (χ3n) is 5.67. The van der Waals surface area contributed by atoms with Crippen molar-refractivity contribution in [2.45, 2.75) is 44.6 Å². The van der Waals surface area contributed by atoms with E-state index in [0.29, 0.717) is 34.4 Å². The zero-order valence-corrected chi connectivity index (χ0v) is 22.9. The third kappa shape index (κ3) is 11.9. The number of carbonyl (C=O) groups excluding carboxylic acids is 1. The van der Waals surface area contributed by atoms with Gasteiger partial charge in [-0.2, -0.15) is 0 Å². The van der Waals surface area contributed by atoms with Crippen LogP contribution in [0.1, 0.15) is 49.3 Å². The maximum atomic E-state index is 11.8. The molecule has 0 aromatic heterocycles. The molecular formula is C27H40Cl2N4O3. The van der Waals surface area contributed by atoms with Crippen LogP contribution in [0.4, 0.5) is 11.4 Å². The summed E-state index contributed by atoms with van der Waals surface area (Å²) >= 11 is 12.1. The molecule has 36 heavy (non-hydrogen) atoms. The van der Waals surface area contributed by atoms with E-state index < -0.39 is 6.10 Å². The summed E-state index contributed by atoms with van der Waals surface area (Å²) in [6, 6.07) is 11.3. The number of amides is 1. The minimum Gasteiger partial charge on any atom is -0.396 e. The van der Waals surface area contributed by atoms with Crippen molar-refractivity contribution in [3.8, 4) is 0 Å². The van der Waals surface area contributed by atoms with Crippen LogP contribution in [0.2, 0.25) is 10.0 Å². The van der Waals surface area contributed by atoms with Gasteiger partial charge in [0, 0.05) is 25.4 Å². The van der Waals surface area contributed by atoms with Crippen molar-refractivity contribution in [3.63, 3.8) is 0 Å². The first-order valence-electron chi connectivity index (χ1n) is 12.5. The number of anilines is 2. The van der Waals surface area contributed by atoms with Gasteiger partial charge in [0.15, 0.2) is 0 Å². The molecule has 0 saturated heterocycles. The fraction of sp³-hybridized carbons (Fsp3) is 0.519. The minimum atomic E-state index is -0.680. The van der Waals surface area contributed by atoms with E-state index in [1.54, 1.807) is 12.1 Å². The average Bonchev–Trinajstić information content (AvgIpc) is 2.83. The highest BCUT2D eigenvalue weighted by Crippen LogP contribution is 2.31. The summed E-state index contributed by atoms with van der Waals surface area (Å²) in [4.78, 5) is 13.6. The molecule has 0 bridgehead atoms. The van der Waals surface area contributed by atoms with Crippen LogP contribution in [0.15, 0.2) is 36.4 Å². The molecule has 0 aliphatic rings. The van der Waals surface area contributed by atoms with Crippen molar-refractivity contribution in [3.05, 3.63) is 57.6 Å². The van der Waals surface area contributed by atoms with Crippen LogP contribution in [0.3, 0.4) is 0 Å². The van der Waals surface area contributed by atoms with Gasteiger partial charge < -0.3 is 31.1 Å². The Labute approximate surface area is 225 Å². The number of nitrogens with two attached hydrogens (primary N) is 1. The normalized spacial score (nSPS) is 12.2. The molecule has 0 saturated carbocycles. The Balaban J connectivity index is 1.44. The van der Waals surface area contributed by atoms with E-state index in [1.807, 2.05) is 31.1 Å². The van der Waals surface area contributed by atoms with Crippen molar-refractivity contribution in [2.75, 3.05) is 58.0 Å². The highest BCUT2D eigenvalue weighted by atomic mass is 35.5. The van der Waals surface area contributed by atoms with Crippen molar-refractivity contribution in [1.29, 1.82) is 0 Å². The summed E-state index contributed by atoms with van der Waals surface area (Å²) in [6.45, 7) is 3.18. The molecule has 2 aromatic rings. The molecule has 1 amide bonds. The zero-order chi connectivity index (χ0) is 26.3. The predicted octanol–water partition coefficient (Wildman–Crippen LogP) is 4.91. The number of unbranched alkanes of at least 4 members (excludes halogenated alkanes) is 3. The lowest BCUT2D eigenvalue weighted by Crippen LogP contribution is -2.27. The number of likely N-dealkylation sites (N-methyl/N-ethyl adjacent to an activating group) is 1. The van der Waals surface area contributed by atoms with Crippen molar-refractivity contribution in [2.24, 2.45) is 0 Å². The van der Waals surface area contributed by atoms with Gasteiger partial charge in [0.2, 0.25) is 5.91 Å². The molecule has 0 aliphatic heterocycles. The van der Waals surface area contributed by atoms with E-state index >= 15 is 0 Å². The summed E-state index contributed by atoms with van der Waals surface area (Å²) in [5, 5.41) is 17.2. The van der Waals surface area contributed by atoms with Gasteiger partial charge >= 0.3 is 0 Å². The number of ether oxygens (including phenoxy) is 1. The molecule has 5 N–H and O–H groups in total. The molecule has 2 rings (SSSR count). The molecular weight excluding hydrogens is 499 g/mol. The lowest BCUT2D eigenvalue weighted by molar-refractivity contribution is -0.116. The number of rotatable bonds is 17. The lowest BCUT2D eigenvalue weighted by Gasteiger charge is -2.14. The number of halogens is 2. The first kappa shape index (κ1) is 30.4. The van der Waals surface area contributed by atoms with Crippen LogP contribution in [0, 0.1) is 0 Å². The maximum absolute atomic E-state index is 11.8. The summed E-state index contributed by atoms with van der Waals surface area (Å²) in [6.07, 6.45) is 5.58.